The van der Waals surface area contributed by atoms with Crippen LogP contribution in [0.15, 0.2) is 41.1 Å². The topological polar surface area (TPSA) is 120 Å². The van der Waals surface area contributed by atoms with E-state index in [-0.39, 0.29) is 61.7 Å². The van der Waals surface area contributed by atoms with E-state index in [9.17, 15) is 13.6 Å². The number of nitrogens with two attached hydrogens (primary N) is 1. The van der Waals surface area contributed by atoms with Crippen molar-refractivity contribution in [3.63, 3.8) is 0 Å². The van der Waals surface area contributed by atoms with Crippen LogP contribution in [0, 0.1) is 11.6 Å². The second-order valence-electron chi connectivity index (χ2n) is 10.5. The van der Waals surface area contributed by atoms with Gasteiger partial charge in [-0.2, -0.15) is 4.98 Å². The van der Waals surface area contributed by atoms with Gasteiger partial charge >= 0.3 is 6.09 Å². The van der Waals surface area contributed by atoms with Crippen LogP contribution >= 0.6 is 24.8 Å². The second-order valence-corrected chi connectivity index (χ2v) is 10.5. The van der Waals surface area contributed by atoms with Crippen molar-refractivity contribution in [2.45, 2.75) is 63.9 Å². The number of hydrogen-bond donors (Lipinski definition) is 1. The molecule has 2 aromatic heterocycles. The fraction of sp³-hybridized carbons (Fsp3) is 0.500. The van der Waals surface area contributed by atoms with E-state index in [1.54, 1.807) is 11.1 Å². The summed E-state index contributed by atoms with van der Waals surface area (Å²) in [6.45, 7) is 6.07. The predicted octanol–water partition coefficient (Wildman–Crippen LogP) is 5.10. The Hall–Kier alpha value is -3.06. The fourth-order valence-corrected chi connectivity index (χ4v) is 5.18. The highest BCUT2D eigenvalue weighted by Gasteiger charge is 2.31. The van der Waals surface area contributed by atoms with Gasteiger partial charge in [-0.25, -0.2) is 18.6 Å². The van der Waals surface area contributed by atoms with Crippen molar-refractivity contribution < 1.29 is 27.6 Å². The van der Waals surface area contributed by atoms with Crippen LogP contribution in [0.3, 0.4) is 0 Å². The molecule has 4 heterocycles. The first-order chi connectivity index (χ1) is 19.3. The van der Waals surface area contributed by atoms with Gasteiger partial charge in [-0.1, -0.05) is 5.16 Å². The van der Waals surface area contributed by atoms with Crippen molar-refractivity contribution in [1.29, 1.82) is 0 Å². The van der Waals surface area contributed by atoms with Gasteiger partial charge in [0.05, 0.1) is 12.2 Å². The highest BCUT2D eigenvalue weighted by Crippen LogP contribution is 2.32. The first kappa shape index (κ1) is 33.4. The zero-order valence-corrected chi connectivity index (χ0v) is 25.1. The molecule has 2 fully saturated rings. The van der Waals surface area contributed by atoms with Gasteiger partial charge in [-0.05, 0) is 69.0 Å². The van der Waals surface area contributed by atoms with Gasteiger partial charge in [-0.15, -0.1) is 24.8 Å². The molecule has 0 radical (unpaired) electrons. The Kier molecular flexibility index (Phi) is 11.9. The third-order valence-electron chi connectivity index (χ3n) is 7.29. The van der Waals surface area contributed by atoms with Crippen LogP contribution in [0.4, 0.5) is 19.4 Å². The van der Waals surface area contributed by atoms with E-state index in [1.807, 2.05) is 30.9 Å². The quantitative estimate of drug-likeness (QED) is 0.381. The van der Waals surface area contributed by atoms with Gasteiger partial charge in [0.1, 0.15) is 24.1 Å². The number of pyridine rings is 1. The first-order valence-electron chi connectivity index (χ1n) is 13.6. The number of amides is 1. The number of carbonyl (C=O) groups excluding carboxylic acids is 1. The first-order valence-corrected chi connectivity index (χ1v) is 13.6. The largest absolute Gasteiger partial charge is 0.447 e. The fourth-order valence-electron chi connectivity index (χ4n) is 5.18. The maximum absolute atomic E-state index is 14.3. The molecule has 14 heteroatoms. The van der Waals surface area contributed by atoms with Crippen LogP contribution in [0.1, 0.15) is 50.5 Å². The molecule has 0 unspecified atom stereocenters. The number of carbonyl (C=O) groups is 1. The Morgan fingerprint density at radius 2 is 1.88 bits per heavy atom. The van der Waals surface area contributed by atoms with Crippen molar-refractivity contribution in [3.05, 3.63) is 59.6 Å². The zero-order chi connectivity index (χ0) is 28.2. The maximum atomic E-state index is 14.3. The second kappa shape index (κ2) is 14.9. The highest BCUT2D eigenvalue weighted by molar-refractivity contribution is 5.85. The lowest BCUT2D eigenvalue weighted by Crippen LogP contribution is -2.48. The van der Waals surface area contributed by atoms with Crippen LogP contribution in [0.25, 0.3) is 11.4 Å². The van der Waals surface area contributed by atoms with E-state index in [0.717, 1.165) is 18.0 Å². The summed E-state index contributed by atoms with van der Waals surface area (Å²) >= 11 is 0. The van der Waals surface area contributed by atoms with E-state index in [2.05, 4.69) is 15.1 Å². The third-order valence-corrected chi connectivity index (χ3v) is 7.29. The molecule has 3 aromatic rings. The molecule has 2 N–H and O–H groups in total. The number of likely N-dealkylation sites (tertiary alicyclic amines) is 1. The van der Waals surface area contributed by atoms with Crippen LogP contribution < -0.4 is 10.6 Å². The summed E-state index contributed by atoms with van der Waals surface area (Å²) in [4.78, 5) is 24.7. The number of rotatable bonds is 7. The van der Waals surface area contributed by atoms with Gasteiger partial charge in [0, 0.05) is 49.9 Å². The minimum absolute atomic E-state index is 0. The Morgan fingerprint density at radius 1 is 1.12 bits per heavy atom. The molecular formula is C28H36Cl2F2N6O4. The van der Waals surface area contributed by atoms with Gasteiger partial charge in [0.15, 0.2) is 0 Å². The molecule has 2 saturated heterocycles. The number of aromatic nitrogens is 3. The number of benzene rings is 1. The molecule has 0 spiro atoms. The van der Waals surface area contributed by atoms with E-state index in [1.165, 1.54) is 6.07 Å². The molecule has 1 amide bonds. The van der Waals surface area contributed by atoms with Gasteiger partial charge in [0.2, 0.25) is 5.82 Å². The molecule has 2 aliphatic rings. The van der Waals surface area contributed by atoms with E-state index < -0.39 is 11.6 Å². The molecule has 1 aromatic carbocycles. The van der Waals surface area contributed by atoms with Gasteiger partial charge in [0.25, 0.3) is 5.89 Å². The molecule has 0 saturated carbocycles. The molecule has 5 rings (SSSR count). The highest BCUT2D eigenvalue weighted by atomic mass is 35.5. The number of piperidine rings is 2. The molecule has 2 aliphatic heterocycles. The average Bonchev–Trinajstić information content (AvgIpc) is 3.42. The minimum atomic E-state index is -0.467. The monoisotopic (exact) mass is 628 g/mol. The lowest BCUT2D eigenvalue weighted by Gasteiger charge is -2.37. The Bertz CT molecular complexity index is 1310. The molecule has 230 valence electrons. The van der Waals surface area contributed by atoms with E-state index in [4.69, 9.17) is 19.7 Å². The summed E-state index contributed by atoms with van der Waals surface area (Å²) < 4.78 is 44.5. The number of hydrogen-bond acceptors (Lipinski definition) is 9. The summed E-state index contributed by atoms with van der Waals surface area (Å²) in [5.41, 5.74) is 7.39. The lowest BCUT2D eigenvalue weighted by molar-refractivity contribution is -0.0147. The van der Waals surface area contributed by atoms with Crippen molar-refractivity contribution in [2.75, 3.05) is 31.1 Å². The number of ether oxygens (including phenoxy) is 2. The van der Waals surface area contributed by atoms with Crippen molar-refractivity contribution in [2.24, 2.45) is 5.73 Å². The summed E-state index contributed by atoms with van der Waals surface area (Å²) in [7, 11) is 0. The molecule has 0 bridgehead atoms. The minimum Gasteiger partial charge on any atom is -0.447 e. The summed E-state index contributed by atoms with van der Waals surface area (Å²) in [5.74, 6) is 0.328. The molecular weight excluding hydrogens is 593 g/mol. The Labute approximate surface area is 255 Å². The average molecular weight is 630 g/mol. The SMILES string of the molecule is CC(C)OC(=O)N1CCC(OCc2nc(-c3ccc(N4CC[C@H](c5cc(F)ccc5F)[C@@H](N)C4)nc3)no2)CC1.Cl.Cl. The van der Waals surface area contributed by atoms with E-state index >= 15 is 0 Å². The molecule has 10 nitrogen and oxygen atoms in total. The van der Waals surface area contributed by atoms with E-state index in [0.29, 0.717) is 68.3 Å². The van der Waals surface area contributed by atoms with Gasteiger partial charge < -0.3 is 29.5 Å². The summed E-state index contributed by atoms with van der Waals surface area (Å²) in [6, 6.07) is 6.85. The smallest absolute Gasteiger partial charge is 0.410 e. The number of halogens is 4. The van der Waals surface area contributed by atoms with Crippen LogP contribution in [0.5, 0.6) is 0 Å². The maximum Gasteiger partial charge on any atom is 0.410 e. The summed E-state index contributed by atoms with van der Waals surface area (Å²) in [5, 5.41) is 4.05. The number of nitrogens with zero attached hydrogens (tertiary/aromatic N) is 5. The normalized spacial score (nSPS) is 19.3. The van der Waals surface area contributed by atoms with Crippen molar-refractivity contribution in [1.82, 2.24) is 20.0 Å². The summed E-state index contributed by atoms with van der Waals surface area (Å²) in [6.07, 6.45) is 3.22. The predicted molar refractivity (Wildman–Crippen MR) is 157 cm³/mol. The van der Waals surface area contributed by atoms with Crippen LogP contribution in [-0.4, -0.2) is 70.5 Å². The molecule has 0 aliphatic carbocycles. The van der Waals surface area contributed by atoms with Crippen LogP contribution in [-0.2, 0) is 16.1 Å². The zero-order valence-electron chi connectivity index (χ0n) is 23.4. The van der Waals surface area contributed by atoms with Crippen molar-refractivity contribution in [3.8, 4) is 11.4 Å². The third kappa shape index (κ3) is 8.06. The standard InChI is InChI=1S/C28H34F2N6O4.2ClH/c1-17(2)39-28(37)35-10-7-20(8-11-35)38-16-26-33-27(34-40-26)18-3-6-25(32-14-18)36-12-9-21(24(31)15-36)22-13-19(29)4-5-23(22)30;;/h3-6,13-14,17,20-21,24H,7-12,15-16,31H2,1-2H3;2*1H/t21-,24+;;/m1../s1. The Balaban J connectivity index is 0.00000242. The molecule has 2 atom stereocenters. The van der Waals surface area contributed by atoms with Crippen LogP contribution in [0.2, 0.25) is 0 Å². The number of anilines is 1. The lowest BCUT2D eigenvalue weighted by atomic mass is 9.85. The Morgan fingerprint density at radius 3 is 2.55 bits per heavy atom. The van der Waals surface area contributed by atoms with Gasteiger partial charge in [-0.3, -0.25) is 0 Å². The van der Waals surface area contributed by atoms with Crippen molar-refractivity contribution >= 4 is 36.7 Å². The molecule has 42 heavy (non-hydrogen) atoms.